The molecule has 1 amide bonds. The maximum Gasteiger partial charge on any atom is 0.264 e. The summed E-state index contributed by atoms with van der Waals surface area (Å²) in [6.45, 7) is 0.576. The third-order valence-corrected chi connectivity index (χ3v) is 5.70. The second kappa shape index (κ2) is 5.96. The van der Waals surface area contributed by atoms with Crippen LogP contribution in [0.5, 0.6) is 5.75 Å². The number of aryl methyl sites for hydroxylation is 2. The van der Waals surface area contributed by atoms with Crippen molar-refractivity contribution in [3.8, 4) is 5.75 Å². The molecule has 2 aromatic rings. The minimum absolute atomic E-state index is 0.0365. The first-order valence-electron chi connectivity index (χ1n) is 8.17. The van der Waals surface area contributed by atoms with Gasteiger partial charge in [-0.25, -0.2) is 4.98 Å². The van der Waals surface area contributed by atoms with Gasteiger partial charge in [-0.05, 0) is 37.3 Å². The van der Waals surface area contributed by atoms with Crippen molar-refractivity contribution in [2.24, 2.45) is 0 Å². The summed E-state index contributed by atoms with van der Waals surface area (Å²) in [4.78, 5) is 20.5. The quantitative estimate of drug-likeness (QED) is 0.870. The maximum atomic E-state index is 12.6. The molecule has 2 heterocycles. The number of aromatic nitrogens is 1. The predicted molar refractivity (Wildman–Crippen MR) is 89.8 cm³/mol. The number of rotatable bonds is 3. The molecule has 4 nitrogen and oxygen atoms in total. The van der Waals surface area contributed by atoms with Gasteiger partial charge < -0.3 is 9.64 Å². The Kier molecular flexibility index (Phi) is 3.81. The summed E-state index contributed by atoms with van der Waals surface area (Å²) >= 11 is 1.77. The van der Waals surface area contributed by atoms with Gasteiger partial charge in [0.2, 0.25) is 0 Å². The summed E-state index contributed by atoms with van der Waals surface area (Å²) in [5, 5.41) is 1.04. The van der Waals surface area contributed by atoms with Crippen LogP contribution < -0.4 is 4.74 Å². The minimum atomic E-state index is -0.396. The Morgan fingerprint density at radius 2 is 2.17 bits per heavy atom. The maximum absolute atomic E-state index is 12.6. The Balaban J connectivity index is 1.42. The van der Waals surface area contributed by atoms with Crippen molar-refractivity contribution in [1.82, 2.24) is 9.88 Å². The number of amides is 1. The molecule has 1 unspecified atom stereocenters. The van der Waals surface area contributed by atoms with Crippen molar-refractivity contribution < 1.29 is 9.53 Å². The molecule has 5 heteroatoms. The van der Waals surface area contributed by atoms with Gasteiger partial charge in [0.1, 0.15) is 10.8 Å². The third-order valence-electron chi connectivity index (χ3n) is 4.56. The Morgan fingerprint density at radius 1 is 1.35 bits per heavy atom. The van der Waals surface area contributed by atoms with Gasteiger partial charge in [-0.3, -0.25) is 4.79 Å². The summed E-state index contributed by atoms with van der Waals surface area (Å²) in [6.07, 6.45) is 4.99. The van der Waals surface area contributed by atoms with Crippen LogP contribution in [0.25, 0.3) is 0 Å². The van der Waals surface area contributed by atoms with Crippen LogP contribution in [0, 0.1) is 0 Å². The zero-order valence-electron chi connectivity index (χ0n) is 13.2. The molecule has 1 aliphatic carbocycles. The van der Waals surface area contributed by atoms with Crippen molar-refractivity contribution in [2.75, 3.05) is 7.05 Å². The fraction of sp³-hybridized carbons (Fsp3) is 0.444. The van der Waals surface area contributed by atoms with E-state index in [1.54, 1.807) is 16.2 Å². The average molecular weight is 328 g/mol. The van der Waals surface area contributed by atoms with E-state index in [-0.39, 0.29) is 5.91 Å². The van der Waals surface area contributed by atoms with Crippen LogP contribution in [-0.4, -0.2) is 28.9 Å². The van der Waals surface area contributed by atoms with E-state index in [2.05, 4.69) is 0 Å². The number of hydrogen-bond acceptors (Lipinski definition) is 4. The lowest BCUT2D eigenvalue weighted by Gasteiger charge is -2.19. The van der Waals surface area contributed by atoms with Gasteiger partial charge in [-0.2, -0.15) is 0 Å². The monoisotopic (exact) mass is 328 g/mol. The number of fused-ring (bicyclic) bond motifs is 2. The SMILES string of the molecule is CN(Cc1nc2c(s1)CCCC2)C(=O)C1Cc2ccccc2O1. The average Bonchev–Trinajstić information content (AvgIpc) is 3.16. The van der Waals surface area contributed by atoms with Crippen molar-refractivity contribution in [1.29, 1.82) is 0 Å². The van der Waals surface area contributed by atoms with Crippen LogP contribution in [-0.2, 0) is 30.6 Å². The third kappa shape index (κ3) is 2.85. The van der Waals surface area contributed by atoms with E-state index in [4.69, 9.17) is 9.72 Å². The lowest BCUT2D eigenvalue weighted by Crippen LogP contribution is -2.38. The smallest absolute Gasteiger partial charge is 0.264 e. The molecule has 120 valence electrons. The number of thiazole rings is 1. The largest absolute Gasteiger partial charge is 0.480 e. The van der Waals surface area contributed by atoms with Gasteiger partial charge in [-0.15, -0.1) is 11.3 Å². The molecule has 0 saturated heterocycles. The topological polar surface area (TPSA) is 42.4 Å². The van der Waals surface area contributed by atoms with E-state index in [1.807, 2.05) is 31.3 Å². The number of carbonyl (C=O) groups is 1. The summed E-state index contributed by atoms with van der Waals surface area (Å²) < 4.78 is 5.80. The zero-order chi connectivity index (χ0) is 15.8. The minimum Gasteiger partial charge on any atom is -0.480 e. The molecule has 1 atom stereocenters. The molecule has 0 N–H and O–H groups in total. The fourth-order valence-corrected chi connectivity index (χ4v) is 4.53. The highest BCUT2D eigenvalue weighted by molar-refractivity contribution is 7.11. The first-order valence-corrected chi connectivity index (χ1v) is 8.99. The number of benzene rings is 1. The van der Waals surface area contributed by atoms with Gasteiger partial charge in [0.25, 0.3) is 5.91 Å². The molecule has 23 heavy (non-hydrogen) atoms. The fourth-order valence-electron chi connectivity index (χ4n) is 3.32. The molecule has 1 aliphatic heterocycles. The summed E-state index contributed by atoms with van der Waals surface area (Å²) in [6, 6.07) is 7.88. The highest BCUT2D eigenvalue weighted by atomic mass is 32.1. The van der Waals surface area contributed by atoms with E-state index in [0.29, 0.717) is 13.0 Å². The Labute approximate surface area is 140 Å². The molecule has 1 aromatic carbocycles. The van der Waals surface area contributed by atoms with Gasteiger partial charge >= 0.3 is 0 Å². The number of ether oxygens (including phenoxy) is 1. The zero-order valence-corrected chi connectivity index (χ0v) is 14.1. The predicted octanol–water partition coefficient (Wildman–Crippen LogP) is 2.98. The van der Waals surface area contributed by atoms with E-state index in [1.165, 1.54) is 23.4 Å². The normalized spacial score (nSPS) is 18.9. The van der Waals surface area contributed by atoms with Crippen molar-refractivity contribution >= 4 is 17.2 Å². The molecule has 0 spiro atoms. The molecular weight excluding hydrogens is 308 g/mol. The lowest BCUT2D eigenvalue weighted by molar-refractivity contribution is -0.137. The number of para-hydroxylation sites is 1. The van der Waals surface area contributed by atoms with Crippen LogP contribution in [0.1, 0.15) is 34.0 Å². The van der Waals surface area contributed by atoms with Gasteiger partial charge in [0.15, 0.2) is 6.10 Å². The van der Waals surface area contributed by atoms with Gasteiger partial charge in [0.05, 0.1) is 12.2 Å². The Hall–Kier alpha value is -1.88. The van der Waals surface area contributed by atoms with E-state index in [0.717, 1.165) is 29.2 Å². The lowest BCUT2D eigenvalue weighted by atomic mass is 10.0. The molecular formula is C18H20N2O2S. The van der Waals surface area contributed by atoms with Crippen LogP contribution in [0.2, 0.25) is 0 Å². The first-order chi connectivity index (χ1) is 11.2. The molecule has 1 aromatic heterocycles. The summed E-state index contributed by atoms with van der Waals surface area (Å²) in [5.41, 5.74) is 2.37. The Morgan fingerprint density at radius 3 is 3.00 bits per heavy atom. The Bertz CT molecular complexity index is 692. The van der Waals surface area contributed by atoms with Crippen molar-refractivity contribution in [3.05, 3.63) is 45.4 Å². The van der Waals surface area contributed by atoms with E-state index < -0.39 is 6.10 Å². The summed E-state index contributed by atoms with van der Waals surface area (Å²) in [5.74, 6) is 0.873. The number of nitrogens with zero attached hydrogens (tertiary/aromatic N) is 2. The molecule has 0 saturated carbocycles. The van der Waals surface area contributed by atoms with Crippen molar-refractivity contribution in [3.63, 3.8) is 0 Å². The molecule has 4 rings (SSSR count). The van der Waals surface area contributed by atoms with Crippen LogP contribution >= 0.6 is 11.3 Å². The standard InChI is InChI=1S/C18H20N2O2S/c1-20(11-17-19-13-7-3-5-9-16(13)23-17)18(21)15-10-12-6-2-4-8-14(12)22-15/h2,4,6,8,15H,3,5,7,9-11H2,1H3. The van der Waals surface area contributed by atoms with E-state index in [9.17, 15) is 4.79 Å². The van der Waals surface area contributed by atoms with Crippen LogP contribution in [0.4, 0.5) is 0 Å². The molecule has 0 radical (unpaired) electrons. The second-order valence-electron chi connectivity index (χ2n) is 6.30. The van der Waals surface area contributed by atoms with Gasteiger partial charge in [-0.1, -0.05) is 18.2 Å². The number of carbonyl (C=O) groups excluding carboxylic acids is 1. The first kappa shape index (κ1) is 14.7. The van der Waals surface area contributed by atoms with Crippen LogP contribution in [0.15, 0.2) is 24.3 Å². The molecule has 0 bridgehead atoms. The van der Waals surface area contributed by atoms with Crippen molar-refractivity contribution in [2.45, 2.75) is 44.8 Å². The van der Waals surface area contributed by atoms with Gasteiger partial charge in [0, 0.05) is 18.3 Å². The number of likely N-dealkylation sites (N-methyl/N-ethyl adjacent to an activating group) is 1. The summed E-state index contributed by atoms with van der Waals surface area (Å²) in [7, 11) is 1.84. The van der Waals surface area contributed by atoms with E-state index >= 15 is 0 Å². The highest BCUT2D eigenvalue weighted by Crippen LogP contribution is 2.30. The molecule has 2 aliphatic rings. The van der Waals surface area contributed by atoms with Crippen LogP contribution in [0.3, 0.4) is 0 Å². The second-order valence-corrected chi connectivity index (χ2v) is 7.47. The highest BCUT2D eigenvalue weighted by Gasteiger charge is 2.31. The molecule has 0 fully saturated rings. The number of hydrogen-bond donors (Lipinski definition) is 0.